The van der Waals surface area contributed by atoms with E-state index in [1.807, 2.05) is 41.8 Å². The molecular weight excluding hydrogens is 332 g/mol. The second-order valence-electron chi connectivity index (χ2n) is 6.64. The van der Waals surface area contributed by atoms with Gasteiger partial charge in [-0.3, -0.25) is 4.90 Å². The van der Waals surface area contributed by atoms with Gasteiger partial charge in [0.05, 0.1) is 5.01 Å². The number of para-hydroxylation sites is 2. The second kappa shape index (κ2) is 7.64. The number of benzene rings is 1. The fourth-order valence-electron chi connectivity index (χ4n) is 3.35. The van der Waals surface area contributed by atoms with Crippen LogP contribution in [-0.2, 0) is 13.0 Å². The average molecular weight is 356 g/mol. The van der Waals surface area contributed by atoms with Crippen LogP contribution < -0.4 is 0 Å². The molecule has 0 N–H and O–H groups in total. The minimum absolute atomic E-state index is 0.861. The minimum Gasteiger partial charge on any atom is -0.441 e. The molecular formula is C19H24N4OS. The van der Waals surface area contributed by atoms with E-state index in [4.69, 9.17) is 4.42 Å². The van der Waals surface area contributed by atoms with Crippen LogP contribution in [0.4, 0.5) is 0 Å². The molecule has 5 nitrogen and oxygen atoms in total. The molecule has 1 aromatic carbocycles. The molecule has 0 radical (unpaired) electrons. The van der Waals surface area contributed by atoms with Crippen molar-refractivity contribution in [3.05, 3.63) is 46.2 Å². The Morgan fingerprint density at radius 3 is 2.68 bits per heavy atom. The molecule has 0 saturated carbocycles. The van der Waals surface area contributed by atoms with Crippen LogP contribution in [0, 0.1) is 6.92 Å². The Kier molecular flexibility index (Phi) is 5.10. The normalized spacial score (nSPS) is 16.7. The highest BCUT2D eigenvalue weighted by molar-refractivity contribution is 7.11. The first-order chi connectivity index (χ1) is 12.3. The third kappa shape index (κ3) is 4.26. The summed E-state index contributed by atoms with van der Waals surface area (Å²) in [6, 6.07) is 7.98. The van der Waals surface area contributed by atoms with Gasteiger partial charge in [-0.25, -0.2) is 9.97 Å². The number of fused-ring (bicyclic) bond motifs is 1. The van der Waals surface area contributed by atoms with E-state index >= 15 is 0 Å². The molecule has 0 spiro atoms. The Hall–Kier alpha value is -1.76. The molecule has 25 heavy (non-hydrogen) atoms. The monoisotopic (exact) mass is 356 g/mol. The number of thiazole rings is 1. The number of aryl methyl sites for hydroxylation is 2. The van der Waals surface area contributed by atoms with Crippen LogP contribution >= 0.6 is 11.3 Å². The zero-order valence-electron chi connectivity index (χ0n) is 14.6. The lowest BCUT2D eigenvalue weighted by atomic mass is 10.2. The molecule has 132 valence electrons. The van der Waals surface area contributed by atoms with Crippen molar-refractivity contribution in [2.75, 3.05) is 32.7 Å². The molecule has 2 aromatic heterocycles. The summed E-state index contributed by atoms with van der Waals surface area (Å²) in [5.41, 5.74) is 1.86. The Morgan fingerprint density at radius 2 is 1.92 bits per heavy atom. The topological polar surface area (TPSA) is 45.4 Å². The zero-order chi connectivity index (χ0) is 17.1. The minimum atomic E-state index is 0.861. The maximum absolute atomic E-state index is 5.80. The van der Waals surface area contributed by atoms with E-state index in [9.17, 15) is 0 Å². The molecule has 0 unspecified atom stereocenters. The predicted molar refractivity (Wildman–Crippen MR) is 101 cm³/mol. The number of rotatable bonds is 6. The smallest absolute Gasteiger partial charge is 0.195 e. The average Bonchev–Trinajstić information content (AvgIpc) is 3.22. The van der Waals surface area contributed by atoms with E-state index in [0.29, 0.717) is 0 Å². The molecule has 0 bridgehead atoms. The largest absolute Gasteiger partial charge is 0.441 e. The summed E-state index contributed by atoms with van der Waals surface area (Å²) in [6.45, 7) is 8.80. The van der Waals surface area contributed by atoms with Crippen LogP contribution in [-0.4, -0.2) is 52.5 Å². The number of hydrogen-bond donors (Lipinski definition) is 0. The van der Waals surface area contributed by atoms with Crippen LogP contribution in [0.1, 0.15) is 22.2 Å². The van der Waals surface area contributed by atoms with Gasteiger partial charge in [-0.2, -0.15) is 0 Å². The van der Waals surface area contributed by atoms with Crippen LogP contribution in [0.25, 0.3) is 11.1 Å². The fraction of sp³-hybridized carbons (Fsp3) is 0.474. The lowest BCUT2D eigenvalue weighted by molar-refractivity contribution is 0.126. The van der Waals surface area contributed by atoms with Crippen molar-refractivity contribution in [2.45, 2.75) is 26.3 Å². The summed E-state index contributed by atoms with van der Waals surface area (Å²) < 4.78 is 5.80. The van der Waals surface area contributed by atoms with Gasteiger partial charge in [-0.05, 0) is 32.0 Å². The fourth-order valence-corrected chi connectivity index (χ4v) is 4.19. The molecule has 1 fully saturated rings. The quantitative estimate of drug-likeness (QED) is 0.678. The summed E-state index contributed by atoms with van der Waals surface area (Å²) >= 11 is 1.81. The van der Waals surface area contributed by atoms with Crippen molar-refractivity contribution in [1.82, 2.24) is 19.8 Å². The summed E-state index contributed by atoms with van der Waals surface area (Å²) in [5, 5.41) is 1.16. The van der Waals surface area contributed by atoms with Crippen molar-refractivity contribution in [3.63, 3.8) is 0 Å². The van der Waals surface area contributed by atoms with Crippen molar-refractivity contribution in [1.29, 1.82) is 0 Å². The maximum Gasteiger partial charge on any atom is 0.195 e. The highest BCUT2D eigenvalue weighted by Gasteiger charge is 2.17. The van der Waals surface area contributed by atoms with Gasteiger partial charge in [-0.1, -0.05) is 12.1 Å². The molecule has 6 heteroatoms. The van der Waals surface area contributed by atoms with Crippen molar-refractivity contribution in [3.8, 4) is 0 Å². The molecule has 0 amide bonds. The van der Waals surface area contributed by atoms with Gasteiger partial charge in [-0.15, -0.1) is 11.3 Å². The van der Waals surface area contributed by atoms with Gasteiger partial charge in [0.15, 0.2) is 11.5 Å². The third-order valence-corrected chi connectivity index (χ3v) is 5.61. The first-order valence-corrected chi connectivity index (χ1v) is 9.78. The first-order valence-electron chi connectivity index (χ1n) is 8.97. The first kappa shape index (κ1) is 16.7. The van der Waals surface area contributed by atoms with Gasteiger partial charge >= 0.3 is 0 Å². The van der Waals surface area contributed by atoms with E-state index in [-0.39, 0.29) is 0 Å². The van der Waals surface area contributed by atoms with E-state index in [1.54, 1.807) is 0 Å². The van der Waals surface area contributed by atoms with E-state index in [1.165, 1.54) is 4.88 Å². The highest BCUT2D eigenvalue weighted by atomic mass is 32.1. The molecule has 1 saturated heterocycles. The molecule has 1 aliphatic rings. The Balaban J connectivity index is 1.20. The summed E-state index contributed by atoms with van der Waals surface area (Å²) in [6.07, 6.45) is 4.03. The number of nitrogens with zero attached hydrogens (tertiary/aromatic N) is 4. The highest BCUT2D eigenvalue weighted by Crippen LogP contribution is 2.17. The van der Waals surface area contributed by atoms with Gasteiger partial charge in [0, 0.05) is 50.2 Å². The SMILES string of the molecule is Cc1ncc(CN2CCN(CCCc3nc4ccccc4o3)CC2)s1. The van der Waals surface area contributed by atoms with Crippen LogP contribution in [0.5, 0.6) is 0 Å². The maximum atomic E-state index is 5.80. The lowest BCUT2D eigenvalue weighted by Gasteiger charge is -2.34. The van der Waals surface area contributed by atoms with Gasteiger partial charge in [0.25, 0.3) is 0 Å². The van der Waals surface area contributed by atoms with Crippen molar-refractivity contribution in [2.24, 2.45) is 0 Å². The van der Waals surface area contributed by atoms with Crippen LogP contribution in [0.15, 0.2) is 34.9 Å². The summed E-state index contributed by atoms with van der Waals surface area (Å²) in [5.74, 6) is 0.861. The molecule has 0 atom stereocenters. The zero-order valence-corrected chi connectivity index (χ0v) is 15.5. The van der Waals surface area contributed by atoms with E-state index in [0.717, 1.165) is 74.1 Å². The van der Waals surface area contributed by atoms with E-state index < -0.39 is 0 Å². The van der Waals surface area contributed by atoms with Gasteiger partial charge in [0.1, 0.15) is 5.52 Å². The third-order valence-electron chi connectivity index (χ3n) is 4.72. The molecule has 0 aliphatic carbocycles. The number of aromatic nitrogens is 2. The number of hydrogen-bond acceptors (Lipinski definition) is 6. The molecule has 3 heterocycles. The number of oxazole rings is 1. The second-order valence-corrected chi connectivity index (χ2v) is 7.96. The molecule has 4 rings (SSSR count). The summed E-state index contributed by atoms with van der Waals surface area (Å²) in [4.78, 5) is 15.4. The van der Waals surface area contributed by atoms with Crippen molar-refractivity contribution < 1.29 is 4.42 Å². The Morgan fingerprint density at radius 1 is 1.12 bits per heavy atom. The van der Waals surface area contributed by atoms with Gasteiger partial charge in [0.2, 0.25) is 0 Å². The molecule has 1 aliphatic heterocycles. The van der Waals surface area contributed by atoms with Gasteiger partial charge < -0.3 is 9.32 Å². The van der Waals surface area contributed by atoms with E-state index in [2.05, 4.69) is 26.7 Å². The Bertz CT molecular complexity index is 787. The molecule has 3 aromatic rings. The number of piperazine rings is 1. The lowest BCUT2D eigenvalue weighted by Crippen LogP contribution is -2.46. The van der Waals surface area contributed by atoms with Crippen LogP contribution in [0.3, 0.4) is 0 Å². The standard InChI is InChI=1S/C19H24N4OS/c1-15-20-13-16(25-15)14-23-11-9-22(10-12-23)8-4-7-19-21-17-5-2-3-6-18(17)24-19/h2-3,5-6,13H,4,7-12,14H2,1H3. The Labute approximate surface area is 152 Å². The predicted octanol–water partition coefficient (Wildman–Crippen LogP) is 3.34. The summed E-state index contributed by atoms with van der Waals surface area (Å²) in [7, 11) is 0. The van der Waals surface area contributed by atoms with Crippen molar-refractivity contribution >= 4 is 22.4 Å². The van der Waals surface area contributed by atoms with Crippen LogP contribution in [0.2, 0.25) is 0 Å².